The number of carbonyl (C=O) groups is 1. The molecule has 0 saturated heterocycles. The number of hydrogen-bond acceptors (Lipinski definition) is 5. The number of carbonyl (C=O) groups excluding carboxylic acids is 1. The van der Waals surface area contributed by atoms with Crippen LogP contribution in [0.3, 0.4) is 0 Å². The van der Waals surface area contributed by atoms with Crippen molar-refractivity contribution in [3.63, 3.8) is 0 Å². The number of nitrogens with one attached hydrogen (secondary N) is 1. The lowest BCUT2D eigenvalue weighted by atomic mass is 10.1. The summed E-state index contributed by atoms with van der Waals surface area (Å²) in [5.74, 6) is 1.07. The molecule has 8 heteroatoms. The summed E-state index contributed by atoms with van der Waals surface area (Å²) >= 11 is 0. The van der Waals surface area contributed by atoms with E-state index in [1.165, 1.54) is 5.56 Å². The SMILES string of the molecule is CN(CCn1cc(-c2ccccc2)cn1)Cc1nnc2n1CCNC2=O. The van der Waals surface area contributed by atoms with Gasteiger partial charge in [0.15, 0.2) is 0 Å². The van der Waals surface area contributed by atoms with E-state index < -0.39 is 0 Å². The number of rotatable bonds is 6. The number of hydrogen-bond donors (Lipinski definition) is 1. The number of likely N-dealkylation sites (N-methyl/N-ethyl adjacent to an activating group) is 1. The molecule has 0 spiro atoms. The number of benzene rings is 1. The van der Waals surface area contributed by atoms with E-state index in [1.54, 1.807) is 0 Å². The molecule has 134 valence electrons. The van der Waals surface area contributed by atoms with E-state index in [4.69, 9.17) is 0 Å². The minimum atomic E-state index is -0.150. The molecule has 1 N–H and O–H groups in total. The molecule has 26 heavy (non-hydrogen) atoms. The van der Waals surface area contributed by atoms with Crippen molar-refractivity contribution in [1.82, 2.24) is 34.8 Å². The molecular weight excluding hydrogens is 330 g/mol. The average molecular weight is 351 g/mol. The van der Waals surface area contributed by atoms with Crippen molar-refractivity contribution in [3.8, 4) is 11.1 Å². The zero-order valence-corrected chi connectivity index (χ0v) is 14.7. The Hall–Kier alpha value is -3.00. The topological polar surface area (TPSA) is 80.9 Å². The van der Waals surface area contributed by atoms with Crippen molar-refractivity contribution in [2.75, 3.05) is 20.1 Å². The molecule has 1 amide bonds. The number of aromatic nitrogens is 5. The first kappa shape index (κ1) is 16.5. The van der Waals surface area contributed by atoms with E-state index in [-0.39, 0.29) is 5.91 Å². The molecule has 0 aliphatic carbocycles. The van der Waals surface area contributed by atoms with E-state index in [0.717, 1.165) is 31.0 Å². The lowest BCUT2D eigenvalue weighted by Crippen LogP contribution is -2.36. The number of amides is 1. The van der Waals surface area contributed by atoms with Gasteiger partial charge in [0.05, 0.1) is 19.3 Å². The predicted molar refractivity (Wildman–Crippen MR) is 96.4 cm³/mol. The van der Waals surface area contributed by atoms with Crippen LogP contribution in [0.25, 0.3) is 11.1 Å². The maximum absolute atomic E-state index is 11.8. The molecule has 0 fully saturated rings. The summed E-state index contributed by atoms with van der Waals surface area (Å²) in [6.07, 6.45) is 3.95. The molecule has 0 unspecified atom stereocenters. The van der Waals surface area contributed by atoms with Gasteiger partial charge in [-0.2, -0.15) is 5.10 Å². The number of nitrogens with zero attached hydrogens (tertiary/aromatic N) is 6. The van der Waals surface area contributed by atoms with E-state index >= 15 is 0 Å². The molecule has 0 atom stereocenters. The van der Waals surface area contributed by atoms with Gasteiger partial charge in [0.25, 0.3) is 5.91 Å². The van der Waals surface area contributed by atoms with Crippen molar-refractivity contribution >= 4 is 5.91 Å². The second-order valence-electron chi connectivity index (χ2n) is 6.44. The van der Waals surface area contributed by atoms with E-state index in [2.05, 4.69) is 43.8 Å². The highest BCUT2D eigenvalue weighted by Gasteiger charge is 2.22. The Morgan fingerprint density at radius 3 is 2.88 bits per heavy atom. The van der Waals surface area contributed by atoms with Crippen molar-refractivity contribution in [2.24, 2.45) is 0 Å². The average Bonchev–Trinajstić information content (AvgIpc) is 3.29. The van der Waals surface area contributed by atoms with Gasteiger partial charge < -0.3 is 9.88 Å². The highest BCUT2D eigenvalue weighted by Crippen LogP contribution is 2.17. The Morgan fingerprint density at radius 1 is 1.19 bits per heavy atom. The Bertz CT molecular complexity index is 899. The summed E-state index contributed by atoms with van der Waals surface area (Å²) in [5.41, 5.74) is 2.28. The van der Waals surface area contributed by atoms with Crippen molar-refractivity contribution < 1.29 is 4.79 Å². The molecule has 1 aliphatic heterocycles. The minimum Gasteiger partial charge on any atom is -0.348 e. The maximum Gasteiger partial charge on any atom is 0.289 e. The van der Waals surface area contributed by atoms with Crippen molar-refractivity contribution in [2.45, 2.75) is 19.6 Å². The first-order valence-electron chi connectivity index (χ1n) is 8.67. The fraction of sp³-hybridized carbons (Fsp3) is 0.333. The normalized spacial score (nSPS) is 13.7. The van der Waals surface area contributed by atoms with Gasteiger partial charge in [0.1, 0.15) is 5.82 Å². The van der Waals surface area contributed by atoms with Gasteiger partial charge in [-0.3, -0.25) is 14.4 Å². The quantitative estimate of drug-likeness (QED) is 0.717. The van der Waals surface area contributed by atoms with Gasteiger partial charge >= 0.3 is 0 Å². The Morgan fingerprint density at radius 2 is 2.04 bits per heavy atom. The lowest BCUT2D eigenvalue weighted by molar-refractivity contribution is 0.0920. The largest absolute Gasteiger partial charge is 0.348 e. The van der Waals surface area contributed by atoms with Crippen molar-refractivity contribution in [3.05, 3.63) is 54.4 Å². The third-order valence-electron chi connectivity index (χ3n) is 4.51. The predicted octanol–water partition coefficient (Wildman–Crippen LogP) is 1.02. The van der Waals surface area contributed by atoms with Gasteiger partial charge in [-0.1, -0.05) is 30.3 Å². The summed E-state index contributed by atoms with van der Waals surface area (Å²) in [4.78, 5) is 13.9. The molecule has 0 saturated carbocycles. The van der Waals surface area contributed by atoms with Crippen LogP contribution in [0.15, 0.2) is 42.7 Å². The Balaban J connectivity index is 1.36. The molecular formula is C18H21N7O. The lowest BCUT2D eigenvalue weighted by Gasteiger charge is -2.19. The Labute approximate surface area is 151 Å². The molecule has 4 rings (SSSR count). The van der Waals surface area contributed by atoms with E-state index in [0.29, 0.717) is 18.9 Å². The van der Waals surface area contributed by atoms with Crippen LogP contribution in [0.1, 0.15) is 16.4 Å². The Kier molecular flexibility index (Phi) is 4.49. The second kappa shape index (κ2) is 7.09. The first-order valence-corrected chi connectivity index (χ1v) is 8.67. The molecule has 8 nitrogen and oxygen atoms in total. The van der Waals surface area contributed by atoms with Crippen LogP contribution in [0, 0.1) is 0 Å². The third kappa shape index (κ3) is 3.36. The van der Waals surface area contributed by atoms with Crippen LogP contribution in [0.5, 0.6) is 0 Å². The van der Waals surface area contributed by atoms with Crippen molar-refractivity contribution in [1.29, 1.82) is 0 Å². The molecule has 3 heterocycles. The zero-order valence-electron chi connectivity index (χ0n) is 14.7. The van der Waals surface area contributed by atoms with E-state index in [9.17, 15) is 4.79 Å². The monoisotopic (exact) mass is 351 g/mol. The summed E-state index contributed by atoms with van der Waals surface area (Å²) in [6.45, 7) is 3.59. The van der Waals surface area contributed by atoms with Crippen LogP contribution in [-0.2, 0) is 19.6 Å². The van der Waals surface area contributed by atoms with Gasteiger partial charge in [0, 0.05) is 31.4 Å². The smallest absolute Gasteiger partial charge is 0.289 e. The summed E-state index contributed by atoms with van der Waals surface area (Å²) in [5, 5.41) is 15.4. The zero-order chi connectivity index (χ0) is 17.9. The molecule has 0 bridgehead atoms. The molecule has 3 aromatic rings. The van der Waals surface area contributed by atoms with Gasteiger partial charge in [0.2, 0.25) is 5.82 Å². The van der Waals surface area contributed by atoms with Crippen LogP contribution >= 0.6 is 0 Å². The summed E-state index contributed by atoms with van der Waals surface area (Å²) in [6, 6.07) is 10.2. The second-order valence-corrected chi connectivity index (χ2v) is 6.44. The fourth-order valence-electron chi connectivity index (χ4n) is 3.07. The fourth-order valence-corrected chi connectivity index (χ4v) is 3.07. The highest BCUT2D eigenvalue weighted by molar-refractivity contribution is 5.91. The third-order valence-corrected chi connectivity index (χ3v) is 4.51. The standard InChI is InChI=1S/C18H21N7O/c1-23(13-16-21-22-17-18(26)19-7-8-25(16)17)9-10-24-12-15(11-20-24)14-5-3-2-4-6-14/h2-6,11-12H,7-10,13H2,1H3,(H,19,26). The minimum absolute atomic E-state index is 0.150. The van der Waals surface area contributed by atoms with Gasteiger partial charge in [-0.05, 0) is 12.6 Å². The van der Waals surface area contributed by atoms with E-state index in [1.807, 2.05) is 40.7 Å². The first-order chi connectivity index (χ1) is 12.7. The molecule has 1 aliphatic rings. The van der Waals surface area contributed by atoms with Crippen LogP contribution in [-0.4, -0.2) is 55.5 Å². The van der Waals surface area contributed by atoms with Crippen LogP contribution in [0.2, 0.25) is 0 Å². The maximum atomic E-state index is 11.8. The molecule has 2 aromatic heterocycles. The molecule has 0 radical (unpaired) electrons. The highest BCUT2D eigenvalue weighted by atomic mass is 16.2. The molecule has 1 aromatic carbocycles. The van der Waals surface area contributed by atoms with Crippen LogP contribution < -0.4 is 5.32 Å². The van der Waals surface area contributed by atoms with Gasteiger partial charge in [-0.25, -0.2) is 0 Å². The number of fused-ring (bicyclic) bond motifs is 1. The van der Waals surface area contributed by atoms with Gasteiger partial charge in [-0.15, -0.1) is 10.2 Å². The summed E-state index contributed by atoms with van der Waals surface area (Å²) < 4.78 is 3.85. The summed E-state index contributed by atoms with van der Waals surface area (Å²) in [7, 11) is 2.03. The van der Waals surface area contributed by atoms with Crippen LogP contribution in [0.4, 0.5) is 0 Å².